The van der Waals surface area contributed by atoms with Crippen LogP contribution in [-0.2, 0) is 0 Å². The van der Waals surface area contributed by atoms with Crippen molar-refractivity contribution in [2.75, 3.05) is 20.8 Å². The van der Waals surface area contributed by atoms with Gasteiger partial charge in [-0.25, -0.2) is 4.79 Å². The summed E-state index contributed by atoms with van der Waals surface area (Å²) in [5, 5.41) is 13.6. The summed E-state index contributed by atoms with van der Waals surface area (Å²) in [7, 11) is 3.11. The van der Waals surface area contributed by atoms with Crippen LogP contribution in [0.2, 0.25) is 0 Å². The van der Waals surface area contributed by atoms with Gasteiger partial charge in [0.15, 0.2) is 11.5 Å². The number of hydrogen-bond donors (Lipinski definition) is 2. The molecule has 28 heavy (non-hydrogen) atoms. The van der Waals surface area contributed by atoms with E-state index in [4.69, 9.17) is 9.47 Å². The van der Waals surface area contributed by atoms with Gasteiger partial charge < -0.3 is 24.5 Å². The average molecular weight is 384 g/mol. The molecular weight excluding hydrogens is 356 g/mol. The number of aromatic carboxylic acids is 1. The van der Waals surface area contributed by atoms with Crippen LogP contribution in [-0.4, -0.2) is 42.4 Å². The van der Waals surface area contributed by atoms with Gasteiger partial charge in [0.05, 0.1) is 25.4 Å². The fourth-order valence-corrected chi connectivity index (χ4v) is 2.96. The van der Waals surface area contributed by atoms with Crippen LogP contribution in [0.1, 0.15) is 31.3 Å². The molecule has 0 radical (unpaired) electrons. The van der Waals surface area contributed by atoms with Gasteiger partial charge in [-0.2, -0.15) is 0 Å². The summed E-state index contributed by atoms with van der Waals surface area (Å²) >= 11 is 0. The van der Waals surface area contributed by atoms with Gasteiger partial charge in [-0.05, 0) is 30.8 Å². The molecule has 0 saturated heterocycles. The molecule has 0 unspecified atom stereocenters. The Bertz CT molecular complexity index is 931. The van der Waals surface area contributed by atoms with Crippen molar-refractivity contribution in [1.82, 2.24) is 9.88 Å². The number of methoxy groups -OCH3 is 2. The van der Waals surface area contributed by atoms with Gasteiger partial charge in [0.1, 0.15) is 5.69 Å². The molecule has 1 heterocycles. The van der Waals surface area contributed by atoms with Crippen LogP contribution in [0.4, 0.5) is 0 Å². The predicted octanol–water partition coefficient (Wildman–Crippen LogP) is 4.35. The molecule has 0 aliphatic rings. The van der Waals surface area contributed by atoms with E-state index in [1.165, 1.54) is 0 Å². The number of nitrogens with zero attached hydrogens (tertiary/aromatic N) is 1. The highest BCUT2D eigenvalue weighted by molar-refractivity contribution is 5.96. The van der Waals surface area contributed by atoms with Gasteiger partial charge in [-0.15, -0.1) is 0 Å². The van der Waals surface area contributed by atoms with E-state index in [2.05, 4.69) is 26.1 Å². The topological polar surface area (TPSA) is 72.7 Å². The quantitative estimate of drug-likeness (QED) is 0.661. The molecule has 2 aromatic carbocycles. The van der Waals surface area contributed by atoms with Crippen LogP contribution in [0.3, 0.4) is 0 Å². The van der Waals surface area contributed by atoms with E-state index in [1.54, 1.807) is 43.1 Å². The molecule has 0 aliphatic heterocycles. The van der Waals surface area contributed by atoms with Gasteiger partial charge >= 0.3 is 5.97 Å². The molecule has 2 N–H and O–H groups in total. The van der Waals surface area contributed by atoms with Crippen LogP contribution in [0.5, 0.6) is 11.5 Å². The van der Waals surface area contributed by atoms with E-state index in [9.17, 15) is 9.90 Å². The molecule has 0 bridgehead atoms. The standard InChI is InChI=1S/C17H15NO4.C5H13N/c1-21-15-8-7-12(10-16(15)22-2)18-13-6-4-3-5-11(13)9-14(18)17(19)20;1-4-6-5(2)3/h3-10H,1-2H3,(H,19,20);5-6H,4H2,1-3H3. The van der Waals surface area contributed by atoms with Crippen molar-refractivity contribution >= 4 is 16.9 Å². The second kappa shape index (κ2) is 9.80. The molecule has 0 amide bonds. The SMILES string of the molecule is CCNC(C)C.COc1ccc(-n2c(C(=O)O)cc3ccccc32)cc1OC. The monoisotopic (exact) mass is 384 g/mol. The number of ether oxygens (including phenoxy) is 2. The first-order valence-corrected chi connectivity index (χ1v) is 9.22. The van der Waals surface area contributed by atoms with E-state index in [0.717, 1.165) is 17.4 Å². The van der Waals surface area contributed by atoms with Gasteiger partial charge in [0.2, 0.25) is 0 Å². The lowest BCUT2D eigenvalue weighted by Crippen LogP contribution is -2.21. The van der Waals surface area contributed by atoms with E-state index in [0.29, 0.717) is 23.2 Å². The van der Waals surface area contributed by atoms with Crippen molar-refractivity contribution in [3.63, 3.8) is 0 Å². The molecule has 6 heteroatoms. The molecule has 3 rings (SSSR count). The van der Waals surface area contributed by atoms with Gasteiger partial charge in [0, 0.05) is 17.5 Å². The highest BCUT2D eigenvalue weighted by Gasteiger charge is 2.17. The van der Waals surface area contributed by atoms with Gasteiger partial charge in [-0.3, -0.25) is 0 Å². The number of nitrogens with one attached hydrogen (secondary N) is 1. The number of carbonyl (C=O) groups is 1. The summed E-state index contributed by atoms with van der Waals surface area (Å²) in [5.41, 5.74) is 1.73. The minimum atomic E-state index is -0.981. The summed E-state index contributed by atoms with van der Waals surface area (Å²) in [4.78, 5) is 11.6. The zero-order chi connectivity index (χ0) is 20.7. The average Bonchev–Trinajstić information content (AvgIpc) is 3.07. The molecule has 1 aromatic heterocycles. The molecule has 0 fully saturated rings. The molecule has 0 saturated carbocycles. The Balaban J connectivity index is 0.000000409. The number of carboxylic acids is 1. The van der Waals surface area contributed by atoms with Crippen molar-refractivity contribution in [1.29, 1.82) is 0 Å². The molecule has 0 aliphatic carbocycles. The molecule has 0 spiro atoms. The maximum Gasteiger partial charge on any atom is 0.352 e. The normalized spacial score (nSPS) is 10.5. The largest absolute Gasteiger partial charge is 0.493 e. The maximum absolute atomic E-state index is 11.6. The Hall–Kier alpha value is -2.99. The van der Waals surface area contributed by atoms with Crippen molar-refractivity contribution in [3.8, 4) is 17.2 Å². The third-order valence-corrected chi connectivity index (χ3v) is 4.17. The highest BCUT2D eigenvalue weighted by Crippen LogP contribution is 2.32. The van der Waals surface area contributed by atoms with E-state index in [-0.39, 0.29) is 5.69 Å². The number of benzene rings is 2. The van der Waals surface area contributed by atoms with Crippen LogP contribution < -0.4 is 14.8 Å². The Labute approximate surface area is 165 Å². The molecule has 150 valence electrons. The lowest BCUT2D eigenvalue weighted by Gasteiger charge is -2.12. The Morgan fingerprint density at radius 1 is 1.07 bits per heavy atom. The van der Waals surface area contributed by atoms with E-state index < -0.39 is 5.97 Å². The van der Waals surface area contributed by atoms with Crippen LogP contribution in [0.15, 0.2) is 48.5 Å². The fourth-order valence-electron chi connectivity index (χ4n) is 2.96. The fraction of sp³-hybridized carbons (Fsp3) is 0.318. The Morgan fingerprint density at radius 2 is 1.75 bits per heavy atom. The summed E-state index contributed by atoms with van der Waals surface area (Å²) in [5.74, 6) is 0.166. The second-order valence-electron chi connectivity index (χ2n) is 6.48. The molecule has 6 nitrogen and oxygen atoms in total. The maximum atomic E-state index is 11.6. The third-order valence-electron chi connectivity index (χ3n) is 4.17. The summed E-state index contributed by atoms with van der Waals surface area (Å²) < 4.78 is 12.2. The minimum absolute atomic E-state index is 0.202. The van der Waals surface area contributed by atoms with E-state index >= 15 is 0 Å². The van der Waals surface area contributed by atoms with Gasteiger partial charge in [-0.1, -0.05) is 39.0 Å². The third kappa shape index (κ3) is 4.84. The minimum Gasteiger partial charge on any atom is -0.493 e. The van der Waals surface area contributed by atoms with Crippen LogP contribution >= 0.6 is 0 Å². The van der Waals surface area contributed by atoms with Crippen LogP contribution in [0.25, 0.3) is 16.6 Å². The van der Waals surface area contributed by atoms with Gasteiger partial charge in [0.25, 0.3) is 0 Å². The van der Waals surface area contributed by atoms with Crippen LogP contribution in [0, 0.1) is 0 Å². The number of hydrogen-bond acceptors (Lipinski definition) is 4. The number of carboxylic acid groups (broad SMARTS) is 1. The Morgan fingerprint density at radius 3 is 2.29 bits per heavy atom. The van der Waals surface area contributed by atoms with Crippen molar-refractivity contribution in [2.24, 2.45) is 0 Å². The zero-order valence-corrected chi connectivity index (χ0v) is 17.0. The summed E-state index contributed by atoms with van der Waals surface area (Å²) in [6.45, 7) is 7.48. The number of aromatic nitrogens is 1. The summed E-state index contributed by atoms with van der Waals surface area (Å²) in [6.07, 6.45) is 0. The Kier molecular flexibility index (Phi) is 7.46. The zero-order valence-electron chi connectivity index (χ0n) is 17.0. The smallest absolute Gasteiger partial charge is 0.352 e. The first-order valence-electron chi connectivity index (χ1n) is 9.22. The van der Waals surface area contributed by atoms with Crippen molar-refractivity contribution < 1.29 is 19.4 Å². The lowest BCUT2D eigenvalue weighted by molar-refractivity contribution is 0.0688. The lowest BCUT2D eigenvalue weighted by atomic mass is 10.2. The summed E-state index contributed by atoms with van der Waals surface area (Å²) in [6, 6.07) is 15.2. The van der Waals surface area contributed by atoms with Crippen molar-refractivity contribution in [3.05, 3.63) is 54.2 Å². The number of fused-ring (bicyclic) bond motifs is 1. The van der Waals surface area contributed by atoms with Crippen molar-refractivity contribution in [2.45, 2.75) is 26.8 Å². The molecular formula is C22H28N2O4. The van der Waals surface area contributed by atoms with E-state index in [1.807, 2.05) is 24.3 Å². The second-order valence-corrected chi connectivity index (χ2v) is 6.48. The first kappa shape index (κ1) is 21.3. The first-order chi connectivity index (χ1) is 13.4. The molecule has 3 aromatic rings. The predicted molar refractivity (Wildman–Crippen MR) is 112 cm³/mol. The number of para-hydroxylation sites is 1. The highest BCUT2D eigenvalue weighted by atomic mass is 16.5. The molecule has 0 atom stereocenters. The number of rotatable bonds is 6.